The van der Waals surface area contributed by atoms with Crippen LogP contribution in [0.5, 0.6) is 0 Å². The Morgan fingerprint density at radius 2 is 1.63 bits per heavy atom. The van der Waals surface area contributed by atoms with Crippen LogP contribution in [0.3, 0.4) is 0 Å². The lowest BCUT2D eigenvalue weighted by Crippen LogP contribution is -2.34. The van der Waals surface area contributed by atoms with Crippen LogP contribution in [0, 0.1) is 19.8 Å². The van der Waals surface area contributed by atoms with Gasteiger partial charge in [0.05, 0.1) is 0 Å². The molecule has 3 aromatic rings. The smallest absolute Gasteiger partial charge is 0.256 e. The minimum atomic E-state index is -0.0281. The van der Waals surface area contributed by atoms with E-state index in [-0.39, 0.29) is 5.91 Å². The zero-order valence-corrected chi connectivity index (χ0v) is 18.7. The summed E-state index contributed by atoms with van der Waals surface area (Å²) in [5, 5.41) is 4.18. The molecule has 3 nitrogen and oxygen atoms in total. The average molecular weight is 419 g/mol. The van der Waals surface area contributed by atoms with Crippen molar-refractivity contribution in [3.63, 3.8) is 0 Å². The van der Waals surface area contributed by atoms with Crippen molar-refractivity contribution in [2.75, 3.05) is 18.4 Å². The predicted octanol–water partition coefficient (Wildman–Crippen LogP) is 6.07. The van der Waals surface area contributed by atoms with Crippen molar-refractivity contribution in [2.45, 2.75) is 39.7 Å². The van der Waals surface area contributed by atoms with Gasteiger partial charge in [0, 0.05) is 22.5 Å². The molecule has 0 saturated carbocycles. The van der Waals surface area contributed by atoms with E-state index < -0.39 is 0 Å². The second kappa shape index (κ2) is 9.59. The first kappa shape index (κ1) is 20.8. The summed E-state index contributed by atoms with van der Waals surface area (Å²) in [7, 11) is 0. The standard InChI is InChI=1S/C26H30N2OS/c1-19-20(2)30-26(27-25(29)23-11-7-4-8-12-23)24(19)18-28-15-13-22(14-16-28)17-21-9-5-3-6-10-21/h3-12,22H,13-18H2,1-2H3,(H,27,29). The van der Waals surface area contributed by atoms with Gasteiger partial charge in [0.1, 0.15) is 5.00 Å². The number of hydrogen-bond donors (Lipinski definition) is 1. The minimum absolute atomic E-state index is 0.0281. The monoisotopic (exact) mass is 418 g/mol. The Morgan fingerprint density at radius 3 is 2.30 bits per heavy atom. The molecule has 0 atom stereocenters. The molecule has 1 N–H and O–H groups in total. The second-order valence-electron chi connectivity index (χ2n) is 8.32. The topological polar surface area (TPSA) is 32.3 Å². The van der Waals surface area contributed by atoms with E-state index in [4.69, 9.17) is 0 Å². The van der Waals surface area contributed by atoms with Crippen LogP contribution < -0.4 is 5.32 Å². The first-order chi connectivity index (χ1) is 14.6. The summed E-state index contributed by atoms with van der Waals surface area (Å²) in [4.78, 5) is 16.5. The first-order valence-corrected chi connectivity index (χ1v) is 11.6. The van der Waals surface area contributed by atoms with Crippen molar-refractivity contribution in [1.29, 1.82) is 0 Å². The molecule has 2 heterocycles. The van der Waals surface area contributed by atoms with Gasteiger partial charge in [-0.15, -0.1) is 11.3 Å². The van der Waals surface area contributed by atoms with E-state index in [0.29, 0.717) is 5.56 Å². The van der Waals surface area contributed by atoms with E-state index in [1.807, 2.05) is 30.3 Å². The largest absolute Gasteiger partial charge is 0.313 e. The van der Waals surface area contributed by atoms with Crippen LogP contribution in [0.4, 0.5) is 5.00 Å². The van der Waals surface area contributed by atoms with Gasteiger partial charge in [0.25, 0.3) is 5.91 Å². The fourth-order valence-electron chi connectivity index (χ4n) is 4.25. The van der Waals surface area contributed by atoms with Crippen LogP contribution in [-0.4, -0.2) is 23.9 Å². The van der Waals surface area contributed by atoms with Gasteiger partial charge < -0.3 is 5.32 Å². The number of benzene rings is 2. The van der Waals surface area contributed by atoms with E-state index in [1.165, 1.54) is 40.8 Å². The van der Waals surface area contributed by atoms with E-state index in [1.54, 1.807) is 11.3 Å². The Morgan fingerprint density at radius 1 is 1.00 bits per heavy atom. The molecule has 4 rings (SSSR count). The summed E-state index contributed by atoms with van der Waals surface area (Å²) < 4.78 is 0. The molecule has 1 aliphatic heterocycles. The quantitative estimate of drug-likeness (QED) is 0.527. The third-order valence-corrected chi connectivity index (χ3v) is 7.39. The number of aryl methyl sites for hydroxylation is 1. The molecule has 0 aliphatic carbocycles. The van der Waals surface area contributed by atoms with Crippen molar-refractivity contribution < 1.29 is 4.79 Å². The molecule has 0 bridgehead atoms. The zero-order chi connectivity index (χ0) is 20.9. The maximum atomic E-state index is 12.7. The van der Waals surface area contributed by atoms with Crippen molar-refractivity contribution in [3.8, 4) is 0 Å². The van der Waals surface area contributed by atoms with E-state index in [2.05, 4.69) is 54.4 Å². The summed E-state index contributed by atoms with van der Waals surface area (Å²) in [5.74, 6) is 0.742. The highest BCUT2D eigenvalue weighted by Gasteiger charge is 2.23. The molecule has 4 heteroatoms. The number of carbonyl (C=O) groups excluding carboxylic acids is 1. The highest BCUT2D eigenvalue weighted by Crippen LogP contribution is 2.34. The summed E-state index contributed by atoms with van der Waals surface area (Å²) in [6.45, 7) is 7.49. The van der Waals surface area contributed by atoms with Crippen LogP contribution in [-0.2, 0) is 13.0 Å². The average Bonchev–Trinajstić information content (AvgIpc) is 3.04. The number of carbonyl (C=O) groups is 1. The Hall–Kier alpha value is -2.43. The van der Waals surface area contributed by atoms with Gasteiger partial charge in [-0.05, 0) is 75.4 Å². The Bertz CT molecular complexity index is 973. The van der Waals surface area contributed by atoms with Crippen molar-refractivity contribution in [2.24, 2.45) is 5.92 Å². The molecule has 1 fully saturated rings. The molecule has 1 saturated heterocycles. The van der Waals surface area contributed by atoms with Crippen molar-refractivity contribution in [1.82, 2.24) is 4.90 Å². The van der Waals surface area contributed by atoms with Gasteiger partial charge in [-0.3, -0.25) is 9.69 Å². The minimum Gasteiger partial charge on any atom is -0.313 e. The maximum absolute atomic E-state index is 12.7. The maximum Gasteiger partial charge on any atom is 0.256 e. The number of rotatable bonds is 6. The Balaban J connectivity index is 1.38. The fraction of sp³-hybridized carbons (Fsp3) is 0.346. The van der Waals surface area contributed by atoms with E-state index in [9.17, 15) is 4.79 Å². The first-order valence-electron chi connectivity index (χ1n) is 10.8. The number of amides is 1. The van der Waals surface area contributed by atoms with Crippen LogP contribution in [0.15, 0.2) is 60.7 Å². The van der Waals surface area contributed by atoms with Crippen LogP contribution in [0.1, 0.15) is 44.8 Å². The SMILES string of the molecule is Cc1sc(NC(=O)c2ccccc2)c(CN2CCC(Cc3ccccc3)CC2)c1C. The Labute approximate surface area is 183 Å². The van der Waals surface area contributed by atoms with Crippen LogP contribution >= 0.6 is 11.3 Å². The van der Waals surface area contributed by atoms with Gasteiger partial charge in [0.2, 0.25) is 0 Å². The second-order valence-corrected chi connectivity index (χ2v) is 9.55. The molecule has 0 unspecified atom stereocenters. The van der Waals surface area contributed by atoms with E-state index >= 15 is 0 Å². The normalized spacial score (nSPS) is 15.3. The zero-order valence-electron chi connectivity index (χ0n) is 17.9. The molecule has 2 aromatic carbocycles. The molecule has 30 heavy (non-hydrogen) atoms. The number of piperidine rings is 1. The summed E-state index contributed by atoms with van der Waals surface area (Å²) in [5.41, 5.74) is 4.75. The van der Waals surface area contributed by atoms with Crippen LogP contribution in [0.25, 0.3) is 0 Å². The molecule has 1 aliphatic rings. The Kier molecular flexibility index (Phi) is 6.66. The summed E-state index contributed by atoms with van der Waals surface area (Å²) in [6.07, 6.45) is 3.66. The van der Waals surface area contributed by atoms with Gasteiger partial charge in [-0.25, -0.2) is 0 Å². The molecular formula is C26H30N2OS. The molecule has 156 valence electrons. The van der Waals surface area contributed by atoms with Gasteiger partial charge in [-0.2, -0.15) is 0 Å². The third-order valence-electron chi connectivity index (χ3n) is 6.23. The van der Waals surface area contributed by atoms with Crippen molar-refractivity contribution >= 4 is 22.2 Å². The molecule has 1 amide bonds. The van der Waals surface area contributed by atoms with Gasteiger partial charge in [0.15, 0.2) is 0 Å². The number of nitrogens with zero attached hydrogens (tertiary/aromatic N) is 1. The number of likely N-dealkylation sites (tertiary alicyclic amines) is 1. The number of nitrogens with one attached hydrogen (secondary N) is 1. The lowest BCUT2D eigenvalue weighted by molar-refractivity contribution is 0.102. The predicted molar refractivity (Wildman–Crippen MR) is 126 cm³/mol. The molecule has 1 aromatic heterocycles. The van der Waals surface area contributed by atoms with Crippen molar-refractivity contribution in [3.05, 3.63) is 87.8 Å². The third kappa shape index (κ3) is 5.00. The number of anilines is 1. The lowest BCUT2D eigenvalue weighted by Gasteiger charge is -2.32. The number of thiophene rings is 1. The molecule has 0 spiro atoms. The molecular weight excluding hydrogens is 388 g/mol. The van der Waals surface area contributed by atoms with Gasteiger partial charge >= 0.3 is 0 Å². The highest BCUT2D eigenvalue weighted by atomic mass is 32.1. The number of hydrogen-bond acceptors (Lipinski definition) is 3. The summed E-state index contributed by atoms with van der Waals surface area (Å²) >= 11 is 1.70. The molecule has 0 radical (unpaired) electrons. The van der Waals surface area contributed by atoms with Gasteiger partial charge in [-0.1, -0.05) is 48.5 Å². The summed E-state index contributed by atoms with van der Waals surface area (Å²) in [6, 6.07) is 20.3. The highest BCUT2D eigenvalue weighted by molar-refractivity contribution is 7.16. The lowest BCUT2D eigenvalue weighted by atomic mass is 9.90. The van der Waals surface area contributed by atoms with E-state index in [0.717, 1.165) is 30.6 Å². The van der Waals surface area contributed by atoms with Crippen LogP contribution in [0.2, 0.25) is 0 Å². The fourth-order valence-corrected chi connectivity index (χ4v) is 5.32.